The van der Waals surface area contributed by atoms with Gasteiger partial charge in [-0.3, -0.25) is 0 Å². The first kappa shape index (κ1) is 27.4. The number of aromatic nitrogens is 2. The molecule has 0 amide bonds. The Morgan fingerprint density at radius 2 is 0.750 bits per heavy atom. The van der Waals surface area contributed by atoms with Crippen LogP contribution in [0.4, 0.5) is 0 Å². The largest absolute Gasteiger partial charge is 0.309 e. The Hall–Kier alpha value is -6.88. The molecule has 0 bridgehead atoms. The van der Waals surface area contributed by atoms with Crippen LogP contribution in [0, 0.1) is 22.7 Å². The van der Waals surface area contributed by atoms with Gasteiger partial charge in [0.05, 0.1) is 45.3 Å². The van der Waals surface area contributed by atoms with Crippen molar-refractivity contribution in [3.8, 4) is 45.8 Å². The van der Waals surface area contributed by atoms with Gasteiger partial charge in [-0.15, -0.1) is 0 Å². The smallest absolute Gasteiger partial charge is 0.0991 e. The van der Waals surface area contributed by atoms with Crippen LogP contribution < -0.4 is 0 Å². The molecule has 0 N–H and O–H groups in total. The maximum atomic E-state index is 9.33. The fourth-order valence-corrected chi connectivity index (χ4v) is 7.08. The van der Waals surface area contributed by atoms with Crippen molar-refractivity contribution in [2.24, 2.45) is 0 Å². The van der Waals surface area contributed by atoms with Crippen LogP contribution in [0.2, 0.25) is 0 Å². The monoisotopic (exact) mass is 610 g/mol. The van der Waals surface area contributed by atoms with Crippen LogP contribution in [0.15, 0.2) is 158 Å². The lowest BCUT2D eigenvalue weighted by Crippen LogP contribution is -1.94. The van der Waals surface area contributed by atoms with Crippen LogP contribution in [0.25, 0.3) is 77.2 Å². The van der Waals surface area contributed by atoms with Crippen molar-refractivity contribution in [2.75, 3.05) is 0 Å². The highest BCUT2D eigenvalue weighted by Crippen LogP contribution is 2.38. The number of fused-ring (bicyclic) bond motifs is 6. The highest BCUT2D eigenvalue weighted by Gasteiger charge is 2.16. The van der Waals surface area contributed by atoms with E-state index in [1.165, 1.54) is 21.5 Å². The van der Waals surface area contributed by atoms with Gasteiger partial charge in [0.25, 0.3) is 0 Å². The Morgan fingerprint density at radius 1 is 0.333 bits per heavy atom. The van der Waals surface area contributed by atoms with E-state index in [1.807, 2.05) is 48.5 Å². The summed E-state index contributed by atoms with van der Waals surface area (Å²) in [7, 11) is 0. The summed E-state index contributed by atoms with van der Waals surface area (Å²) in [5, 5.41) is 23.3. The SMILES string of the molecule is N#Cc1ccc(-c2ccc(-n3c4ccccc4c4ccc(-c5ccc6c(c5)c5ccccc5n6-c5ccc(C#N)cc5)cc43)cc2)cc1. The van der Waals surface area contributed by atoms with Gasteiger partial charge < -0.3 is 9.13 Å². The maximum Gasteiger partial charge on any atom is 0.0991 e. The summed E-state index contributed by atoms with van der Waals surface area (Å²) in [6.45, 7) is 0. The van der Waals surface area contributed by atoms with E-state index in [-0.39, 0.29) is 0 Å². The van der Waals surface area contributed by atoms with Crippen molar-refractivity contribution in [1.29, 1.82) is 10.5 Å². The average molecular weight is 611 g/mol. The number of hydrogen-bond donors (Lipinski definition) is 0. The Balaban J connectivity index is 1.19. The average Bonchev–Trinajstić information content (AvgIpc) is 3.67. The van der Waals surface area contributed by atoms with E-state index in [9.17, 15) is 10.5 Å². The molecule has 222 valence electrons. The van der Waals surface area contributed by atoms with Crippen molar-refractivity contribution in [2.45, 2.75) is 0 Å². The molecular weight excluding hydrogens is 585 g/mol. The molecular formula is C44H26N4. The fourth-order valence-electron chi connectivity index (χ4n) is 7.08. The number of para-hydroxylation sites is 2. The molecule has 0 fully saturated rings. The van der Waals surface area contributed by atoms with Gasteiger partial charge in [-0.1, -0.05) is 78.9 Å². The zero-order chi connectivity index (χ0) is 32.2. The van der Waals surface area contributed by atoms with E-state index in [0.717, 1.165) is 55.7 Å². The summed E-state index contributed by atoms with van der Waals surface area (Å²) < 4.78 is 4.63. The van der Waals surface area contributed by atoms with Gasteiger partial charge in [0.1, 0.15) is 0 Å². The van der Waals surface area contributed by atoms with Crippen molar-refractivity contribution >= 4 is 43.6 Å². The van der Waals surface area contributed by atoms with Crippen molar-refractivity contribution in [1.82, 2.24) is 9.13 Å². The van der Waals surface area contributed by atoms with Crippen molar-refractivity contribution in [3.63, 3.8) is 0 Å². The van der Waals surface area contributed by atoms with Gasteiger partial charge >= 0.3 is 0 Å². The molecule has 0 unspecified atom stereocenters. The lowest BCUT2D eigenvalue weighted by Gasteiger charge is -2.11. The minimum Gasteiger partial charge on any atom is -0.309 e. The first-order chi connectivity index (χ1) is 23.7. The molecule has 0 spiro atoms. The van der Waals surface area contributed by atoms with E-state index in [2.05, 4.69) is 130 Å². The Bertz CT molecular complexity index is 2770. The normalized spacial score (nSPS) is 11.3. The summed E-state index contributed by atoms with van der Waals surface area (Å²) in [6, 6.07) is 59.2. The molecule has 0 aliphatic heterocycles. The van der Waals surface area contributed by atoms with Gasteiger partial charge in [0, 0.05) is 32.9 Å². The molecule has 2 heterocycles. The van der Waals surface area contributed by atoms with Crippen LogP contribution >= 0.6 is 0 Å². The van der Waals surface area contributed by atoms with E-state index >= 15 is 0 Å². The third kappa shape index (κ3) is 4.29. The molecule has 0 atom stereocenters. The van der Waals surface area contributed by atoms with E-state index in [0.29, 0.717) is 11.1 Å². The van der Waals surface area contributed by atoms with Gasteiger partial charge in [-0.25, -0.2) is 0 Å². The second-order valence-electron chi connectivity index (χ2n) is 12.1. The number of rotatable bonds is 4. The third-order valence-electron chi connectivity index (χ3n) is 9.41. The van der Waals surface area contributed by atoms with Crippen LogP contribution in [-0.4, -0.2) is 9.13 Å². The van der Waals surface area contributed by atoms with E-state index in [1.54, 1.807) is 0 Å². The lowest BCUT2D eigenvalue weighted by molar-refractivity contribution is 1.18. The molecule has 4 nitrogen and oxygen atoms in total. The number of nitriles is 2. The minimum absolute atomic E-state index is 0.650. The van der Waals surface area contributed by atoms with E-state index in [4.69, 9.17) is 0 Å². The second-order valence-corrected chi connectivity index (χ2v) is 12.1. The third-order valence-corrected chi connectivity index (χ3v) is 9.41. The molecule has 7 aromatic carbocycles. The summed E-state index contributed by atoms with van der Waals surface area (Å²) in [5.41, 5.74) is 12.5. The molecule has 0 radical (unpaired) electrons. The maximum absolute atomic E-state index is 9.33. The van der Waals surface area contributed by atoms with Crippen LogP contribution in [0.3, 0.4) is 0 Å². The van der Waals surface area contributed by atoms with Crippen molar-refractivity contribution < 1.29 is 0 Å². The van der Waals surface area contributed by atoms with Crippen molar-refractivity contribution in [3.05, 3.63) is 169 Å². The van der Waals surface area contributed by atoms with Crippen LogP contribution in [-0.2, 0) is 0 Å². The molecule has 9 rings (SSSR count). The predicted octanol–water partition coefficient (Wildman–Crippen LogP) is 11.0. The quantitative estimate of drug-likeness (QED) is 0.199. The Morgan fingerprint density at radius 3 is 1.38 bits per heavy atom. The summed E-state index contributed by atoms with van der Waals surface area (Å²) in [4.78, 5) is 0. The first-order valence-corrected chi connectivity index (χ1v) is 15.9. The van der Waals surface area contributed by atoms with Gasteiger partial charge in [0.15, 0.2) is 0 Å². The molecule has 0 saturated carbocycles. The van der Waals surface area contributed by atoms with Gasteiger partial charge in [-0.05, 0) is 101 Å². The standard InChI is InChI=1S/C44H26N4/c45-27-29-9-13-31(14-10-29)32-15-21-36(22-16-32)48-41-7-3-1-5-37(41)39-23-17-34(26-44(39)48)33-18-24-43-40(25-33)38-6-2-4-8-42(38)47(43)35-19-11-30(28-46)12-20-35/h1-26H. The van der Waals surface area contributed by atoms with Crippen LogP contribution in [0.1, 0.15) is 11.1 Å². The van der Waals surface area contributed by atoms with E-state index < -0.39 is 0 Å². The molecule has 0 aliphatic carbocycles. The predicted molar refractivity (Wildman–Crippen MR) is 195 cm³/mol. The topological polar surface area (TPSA) is 57.4 Å². The molecule has 48 heavy (non-hydrogen) atoms. The molecule has 4 heteroatoms. The fraction of sp³-hybridized carbons (Fsp3) is 0. The summed E-state index contributed by atoms with van der Waals surface area (Å²) >= 11 is 0. The summed E-state index contributed by atoms with van der Waals surface area (Å²) in [5.74, 6) is 0. The Kier molecular flexibility index (Phi) is 6.22. The molecule has 0 aliphatic rings. The van der Waals surface area contributed by atoms with Gasteiger partial charge in [-0.2, -0.15) is 10.5 Å². The molecule has 0 saturated heterocycles. The highest BCUT2D eigenvalue weighted by molar-refractivity contribution is 6.12. The second kappa shape index (κ2) is 10.9. The Labute approximate surface area is 277 Å². The molecule has 2 aromatic heterocycles. The first-order valence-electron chi connectivity index (χ1n) is 15.9. The zero-order valence-electron chi connectivity index (χ0n) is 25.8. The van der Waals surface area contributed by atoms with Crippen LogP contribution in [0.5, 0.6) is 0 Å². The van der Waals surface area contributed by atoms with Gasteiger partial charge in [0.2, 0.25) is 0 Å². The molecule has 9 aromatic rings. The highest BCUT2D eigenvalue weighted by atomic mass is 15.0. The number of nitrogens with zero attached hydrogens (tertiary/aromatic N) is 4. The minimum atomic E-state index is 0.650. The summed E-state index contributed by atoms with van der Waals surface area (Å²) in [6.07, 6.45) is 0. The lowest BCUT2D eigenvalue weighted by atomic mass is 10.0. The number of hydrogen-bond acceptors (Lipinski definition) is 2. The zero-order valence-corrected chi connectivity index (χ0v) is 25.8. The number of benzene rings is 7.